The fourth-order valence-corrected chi connectivity index (χ4v) is 7.21. The Morgan fingerprint density at radius 2 is 1.16 bits per heavy atom. The van der Waals surface area contributed by atoms with Crippen LogP contribution in [-0.4, -0.2) is 157 Å². The fourth-order valence-electron chi connectivity index (χ4n) is 7.21. The lowest BCUT2D eigenvalue weighted by Crippen LogP contribution is -2.62. The van der Waals surface area contributed by atoms with E-state index in [0.29, 0.717) is 22.0 Å². The first kappa shape index (κ1) is 60.6. The summed E-state index contributed by atoms with van der Waals surface area (Å²) in [4.78, 5) is 158. The zero-order valence-corrected chi connectivity index (χ0v) is 41.3. The number of hydrogen-bond donors (Lipinski definition) is 16. The third kappa shape index (κ3) is 19.7. The van der Waals surface area contributed by atoms with Gasteiger partial charge >= 0.3 is 11.9 Å². The standard InChI is InChI=1S/C47H64N12O16/c1-21(2)38(47(74)75)58-44(71)31(16-25-19-51-29-8-6-5-7-27(25)29)54-36(64)20-52-42(69)32(17-35(50)63)57-46(73)39(23(4)60)59-45(72)33(18-37(65)66)56-43(70)30(15-24-9-11-26(61)12-10-24)55-40(67)22(3)53-41(68)28(48)13-14-34(49)62/h5-12,19,21-23,28,30-33,38-39,51,60-61H,13-18,20,48H2,1-4H3,(H2,49,62)(H2,50,63)(H,52,69)(H,53,68)(H,54,64)(H,55,67)(H,56,70)(H,57,73)(H,58,71)(H,59,72)(H,65,66)(H,74,75)/t22-,23+,28-,30-,31-,32-,33-,38-,39-/m0/s1. The number of rotatable bonds is 30. The van der Waals surface area contributed by atoms with Crippen molar-refractivity contribution in [3.63, 3.8) is 0 Å². The van der Waals surface area contributed by atoms with Crippen LogP contribution in [0.3, 0.4) is 0 Å². The van der Waals surface area contributed by atoms with Crippen molar-refractivity contribution >= 4 is 81.9 Å². The van der Waals surface area contributed by atoms with E-state index in [4.69, 9.17) is 17.2 Å². The van der Waals surface area contributed by atoms with Crippen molar-refractivity contribution in [3.8, 4) is 5.75 Å². The molecule has 3 rings (SSSR count). The third-order valence-corrected chi connectivity index (χ3v) is 11.3. The molecule has 1 aromatic heterocycles. The van der Waals surface area contributed by atoms with Gasteiger partial charge in [0.15, 0.2) is 0 Å². The number of aliphatic carboxylic acids is 2. The van der Waals surface area contributed by atoms with Crippen LogP contribution < -0.4 is 59.7 Å². The first-order chi connectivity index (χ1) is 35.2. The molecule has 19 N–H and O–H groups in total. The molecule has 10 amide bonds. The minimum absolute atomic E-state index is 0.139. The first-order valence-corrected chi connectivity index (χ1v) is 23.3. The van der Waals surface area contributed by atoms with Gasteiger partial charge in [-0.2, -0.15) is 0 Å². The largest absolute Gasteiger partial charge is 0.508 e. The fraction of sp³-hybridized carbons (Fsp3) is 0.447. The van der Waals surface area contributed by atoms with Crippen LogP contribution in [-0.2, 0) is 70.4 Å². The van der Waals surface area contributed by atoms with Crippen LogP contribution in [0.25, 0.3) is 10.9 Å². The van der Waals surface area contributed by atoms with Gasteiger partial charge in [0.1, 0.15) is 48.0 Å². The number of carbonyl (C=O) groups is 12. The Morgan fingerprint density at radius 3 is 1.75 bits per heavy atom. The molecule has 0 bridgehead atoms. The normalized spacial score (nSPS) is 14.7. The SMILES string of the molecule is CC(C)[C@H](NC(=O)[C@H](Cc1c[nH]c2ccccc12)NC(=O)CNC(=O)[C@H](CC(N)=O)NC(=O)[C@@H](NC(=O)[C@H](CC(=O)O)NC(=O)[C@H](Cc1ccc(O)cc1)NC(=O)[C@H](C)NC(=O)[C@@H](N)CCC(N)=O)[C@@H](C)O)C(=O)O. The Morgan fingerprint density at radius 1 is 0.600 bits per heavy atom. The second-order valence-electron chi connectivity index (χ2n) is 17.9. The van der Waals surface area contributed by atoms with Gasteiger partial charge in [-0.25, -0.2) is 4.79 Å². The number of amides is 10. The number of nitrogens with two attached hydrogens (primary N) is 3. The van der Waals surface area contributed by atoms with Crippen LogP contribution in [0.4, 0.5) is 0 Å². The van der Waals surface area contributed by atoms with Gasteiger partial charge < -0.3 is 85.1 Å². The average Bonchev–Trinajstić information content (AvgIpc) is 3.74. The second-order valence-corrected chi connectivity index (χ2v) is 17.9. The molecule has 408 valence electrons. The lowest BCUT2D eigenvalue weighted by atomic mass is 10.0. The van der Waals surface area contributed by atoms with Crippen molar-refractivity contribution in [2.75, 3.05) is 6.54 Å². The van der Waals surface area contributed by atoms with E-state index in [1.807, 2.05) is 0 Å². The van der Waals surface area contributed by atoms with Gasteiger partial charge in [-0.3, -0.25) is 52.7 Å². The van der Waals surface area contributed by atoms with Crippen LogP contribution in [0.2, 0.25) is 0 Å². The summed E-state index contributed by atoms with van der Waals surface area (Å²) < 4.78 is 0. The van der Waals surface area contributed by atoms with Crippen molar-refractivity contribution < 1.29 is 78.0 Å². The highest BCUT2D eigenvalue weighted by Gasteiger charge is 2.36. The van der Waals surface area contributed by atoms with E-state index in [1.165, 1.54) is 31.2 Å². The predicted octanol–water partition coefficient (Wildman–Crippen LogP) is -4.75. The first-order valence-electron chi connectivity index (χ1n) is 23.3. The molecular formula is C47H64N12O16. The maximum atomic E-state index is 13.8. The molecule has 0 aliphatic heterocycles. The van der Waals surface area contributed by atoms with Gasteiger partial charge in [0.05, 0.1) is 31.5 Å². The maximum absolute atomic E-state index is 13.8. The molecule has 0 aliphatic rings. The Balaban J connectivity index is 1.78. The molecule has 2 aromatic carbocycles. The minimum Gasteiger partial charge on any atom is -0.508 e. The number of hydrogen-bond acceptors (Lipinski definition) is 15. The number of carboxylic acid groups (broad SMARTS) is 2. The number of fused-ring (bicyclic) bond motifs is 1. The Bertz CT molecular complexity index is 2590. The number of aliphatic hydroxyl groups is 1. The molecule has 0 fully saturated rings. The number of phenolic OH excluding ortho intramolecular Hbond substituents is 1. The van der Waals surface area contributed by atoms with E-state index in [1.54, 1.807) is 44.3 Å². The number of aromatic hydroxyl groups is 1. The molecule has 0 saturated heterocycles. The van der Waals surface area contributed by atoms with Crippen LogP contribution in [0.5, 0.6) is 5.75 Å². The van der Waals surface area contributed by atoms with Crippen molar-refractivity contribution in [3.05, 3.63) is 65.9 Å². The van der Waals surface area contributed by atoms with E-state index < -0.39 is 151 Å². The van der Waals surface area contributed by atoms with E-state index in [-0.39, 0.29) is 31.4 Å². The molecule has 0 radical (unpaired) electrons. The molecular weight excluding hydrogens is 989 g/mol. The molecule has 0 unspecified atom stereocenters. The molecule has 28 heteroatoms. The minimum atomic E-state index is -2.03. The quantitative estimate of drug-likeness (QED) is 0.0298. The number of benzene rings is 2. The van der Waals surface area contributed by atoms with Gasteiger partial charge in [0.2, 0.25) is 59.1 Å². The number of aromatic amines is 1. The molecule has 0 aliphatic carbocycles. The highest BCUT2D eigenvalue weighted by atomic mass is 16.4. The highest BCUT2D eigenvalue weighted by molar-refractivity contribution is 5.99. The smallest absolute Gasteiger partial charge is 0.326 e. The van der Waals surface area contributed by atoms with Crippen molar-refractivity contribution in [2.45, 2.75) is 121 Å². The molecule has 3 aromatic rings. The summed E-state index contributed by atoms with van der Waals surface area (Å²) in [5.41, 5.74) is 17.9. The number of carboxylic acids is 2. The topological polar surface area (TPSA) is 476 Å². The zero-order valence-electron chi connectivity index (χ0n) is 41.3. The number of phenols is 1. The summed E-state index contributed by atoms with van der Waals surface area (Å²) in [6.45, 7) is 4.49. The monoisotopic (exact) mass is 1050 g/mol. The van der Waals surface area contributed by atoms with Crippen molar-refractivity contribution in [1.82, 2.24) is 47.5 Å². The Kier molecular flexibility index (Phi) is 23.1. The number of para-hydroxylation sites is 1. The number of aliphatic hydroxyl groups excluding tert-OH is 1. The summed E-state index contributed by atoms with van der Waals surface area (Å²) >= 11 is 0. The van der Waals surface area contributed by atoms with E-state index in [2.05, 4.69) is 47.5 Å². The summed E-state index contributed by atoms with van der Waals surface area (Å²) in [6, 6.07) is -0.558. The van der Waals surface area contributed by atoms with E-state index >= 15 is 0 Å². The molecule has 28 nitrogen and oxygen atoms in total. The molecule has 1 heterocycles. The second kappa shape index (κ2) is 28.5. The van der Waals surface area contributed by atoms with Gasteiger partial charge in [-0.15, -0.1) is 0 Å². The predicted molar refractivity (Wildman–Crippen MR) is 263 cm³/mol. The van der Waals surface area contributed by atoms with Crippen LogP contribution >= 0.6 is 0 Å². The summed E-state index contributed by atoms with van der Waals surface area (Å²) in [5, 5.41) is 58.7. The van der Waals surface area contributed by atoms with Gasteiger partial charge in [-0.05, 0) is 55.5 Å². The number of carbonyl (C=O) groups excluding carboxylic acids is 10. The van der Waals surface area contributed by atoms with Crippen LogP contribution in [0, 0.1) is 5.92 Å². The number of nitrogens with one attached hydrogen (secondary N) is 9. The van der Waals surface area contributed by atoms with E-state index in [0.717, 1.165) is 6.92 Å². The highest BCUT2D eigenvalue weighted by Crippen LogP contribution is 2.20. The van der Waals surface area contributed by atoms with Gasteiger partial charge in [-0.1, -0.05) is 44.2 Å². The summed E-state index contributed by atoms with van der Waals surface area (Å²) in [6.07, 6.45) is -3.13. The third-order valence-electron chi connectivity index (χ3n) is 11.3. The average molecular weight is 1050 g/mol. The number of aromatic nitrogens is 1. The summed E-state index contributed by atoms with van der Waals surface area (Å²) in [7, 11) is 0. The lowest BCUT2D eigenvalue weighted by molar-refractivity contribution is -0.143. The Labute approximate surface area is 428 Å². The lowest BCUT2D eigenvalue weighted by Gasteiger charge is -2.27. The van der Waals surface area contributed by atoms with Crippen LogP contribution in [0.1, 0.15) is 64.5 Å². The van der Waals surface area contributed by atoms with E-state index in [9.17, 15) is 78.0 Å². The van der Waals surface area contributed by atoms with Crippen molar-refractivity contribution in [2.24, 2.45) is 23.1 Å². The zero-order chi connectivity index (χ0) is 56.3. The molecule has 75 heavy (non-hydrogen) atoms. The summed E-state index contributed by atoms with van der Waals surface area (Å²) in [5.74, 6) is -14.3. The molecule has 0 spiro atoms. The molecule has 0 saturated carbocycles. The number of H-pyrrole nitrogens is 1. The number of primary amides is 2. The molecule has 9 atom stereocenters. The van der Waals surface area contributed by atoms with Crippen molar-refractivity contribution in [1.29, 1.82) is 0 Å². The van der Waals surface area contributed by atoms with Crippen LogP contribution in [0.15, 0.2) is 54.7 Å². The Hall–Kier alpha value is -8.66. The van der Waals surface area contributed by atoms with Gasteiger partial charge in [0, 0.05) is 36.4 Å². The van der Waals surface area contributed by atoms with Gasteiger partial charge in [0.25, 0.3) is 0 Å². The maximum Gasteiger partial charge on any atom is 0.326 e.